The van der Waals surface area contributed by atoms with Gasteiger partial charge in [0, 0.05) is 20.0 Å². The molecule has 1 aromatic rings. The van der Waals surface area contributed by atoms with Crippen LogP contribution in [0.15, 0.2) is 24.3 Å². The Morgan fingerprint density at radius 2 is 1.81 bits per heavy atom. The second kappa shape index (κ2) is 8.04. The minimum Gasteiger partial charge on any atom is -0.478 e. The number of carboxylic acids is 1. The lowest BCUT2D eigenvalue weighted by molar-refractivity contribution is -0.132. The van der Waals surface area contributed by atoms with Crippen LogP contribution in [0.4, 0.5) is 0 Å². The number of hydrogen-bond donors (Lipinski definition) is 2. The SMILES string of the molecule is CCCC(=O)NCC(=O)N(C)Cc1ccc(C(=O)O)cc1. The molecular formula is C15H20N2O4. The first-order valence-corrected chi connectivity index (χ1v) is 6.77. The smallest absolute Gasteiger partial charge is 0.335 e. The van der Waals surface area contributed by atoms with E-state index in [4.69, 9.17) is 5.11 Å². The van der Waals surface area contributed by atoms with Gasteiger partial charge in [0.25, 0.3) is 0 Å². The molecule has 6 heteroatoms. The molecule has 1 aromatic carbocycles. The Bertz CT molecular complexity index is 511. The second-order valence-electron chi connectivity index (χ2n) is 4.78. The Hall–Kier alpha value is -2.37. The molecule has 1 rings (SSSR count). The van der Waals surface area contributed by atoms with Crippen LogP contribution < -0.4 is 5.32 Å². The molecule has 0 saturated carbocycles. The molecule has 0 atom stereocenters. The van der Waals surface area contributed by atoms with Crippen molar-refractivity contribution >= 4 is 17.8 Å². The Labute approximate surface area is 123 Å². The summed E-state index contributed by atoms with van der Waals surface area (Å²) in [5.41, 5.74) is 1.04. The summed E-state index contributed by atoms with van der Waals surface area (Å²) in [6, 6.07) is 6.34. The first-order valence-electron chi connectivity index (χ1n) is 6.77. The number of carbonyl (C=O) groups excluding carboxylic acids is 2. The van der Waals surface area contributed by atoms with Crippen LogP contribution in [-0.4, -0.2) is 41.4 Å². The molecule has 0 aliphatic heterocycles. The van der Waals surface area contributed by atoms with Crippen molar-refractivity contribution in [2.24, 2.45) is 0 Å². The third-order valence-corrected chi connectivity index (χ3v) is 2.96. The van der Waals surface area contributed by atoms with Gasteiger partial charge in [0.1, 0.15) is 0 Å². The molecule has 0 radical (unpaired) electrons. The van der Waals surface area contributed by atoms with Crippen molar-refractivity contribution in [2.75, 3.05) is 13.6 Å². The predicted molar refractivity (Wildman–Crippen MR) is 77.8 cm³/mol. The summed E-state index contributed by atoms with van der Waals surface area (Å²) in [5, 5.41) is 11.4. The summed E-state index contributed by atoms with van der Waals surface area (Å²) in [4.78, 5) is 35.4. The Morgan fingerprint density at radius 1 is 1.19 bits per heavy atom. The van der Waals surface area contributed by atoms with Crippen LogP contribution in [0.2, 0.25) is 0 Å². The van der Waals surface area contributed by atoms with Gasteiger partial charge in [0.05, 0.1) is 12.1 Å². The highest BCUT2D eigenvalue weighted by atomic mass is 16.4. The first-order chi connectivity index (χ1) is 9.93. The van der Waals surface area contributed by atoms with Gasteiger partial charge in [-0.05, 0) is 24.1 Å². The Balaban J connectivity index is 2.48. The van der Waals surface area contributed by atoms with Crippen molar-refractivity contribution in [2.45, 2.75) is 26.3 Å². The van der Waals surface area contributed by atoms with Gasteiger partial charge in [-0.25, -0.2) is 4.79 Å². The molecule has 0 unspecified atom stereocenters. The van der Waals surface area contributed by atoms with E-state index in [-0.39, 0.29) is 23.9 Å². The second-order valence-corrected chi connectivity index (χ2v) is 4.78. The largest absolute Gasteiger partial charge is 0.478 e. The summed E-state index contributed by atoms with van der Waals surface area (Å²) in [7, 11) is 1.64. The minimum absolute atomic E-state index is 0.0253. The lowest BCUT2D eigenvalue weighted by Crippen LogP contribution is -2.37. The van der Waals surface area contributed by atoms with Crippen molar-refractivity contribution in [3.63, 3.8) is 0 Å². The van der Waals surface area contributed by atoms with E-state index in [2.05, 4.69) is 5.32 Å². The van der Waals surface area contributed by atoms with Gasteiger partial charge in [-0.1, -0.05) is 19.1 Å². The number of benzene rings is 1. The third kappa shape index (κ3) is 5.64. The monoisotopic (exact) mass is 292 g/mol. The average molecular weight is 292 g/mol. The molecule has 0 saturated heterocycles. The number of carboxylic acid groups (broad SMARTS) is 1. The predicted octanol–water partition coefficient (Wildman–Crippen LogP) is 1.26. The Kier molecular flexibility index (Phi) is 6.39. The van der Waals surface area contributed by atoms with Gasteiger partial charge in [-0.15, -0.1) is 0 Å². The topological polar surface area (TPSA) is 86.7 Å². The summed E-state index contributed by atoms with van der Waals surface area (Å²) in [6.45, 7) is 2.24. The van der Waals surface area contributed by atoms with Crippen LogP contribution in [0.3, 0.4) is 0 Å². The summed E-state index contributed by atoms with van der Waals surface area (Å²) in [5.74, 6) is -1.31. The third-order valence-electron chi connectivity index (χ3n) is 2.96. The maximum absolute atomic E-state index is 11.8. The van der Waals surface area contributed by atoms with Crippen LogP contribution >= 0.6 is 0 Å². The highest BCUT2D eigenvalue weighted by molar-refractivity contribution is 5.87. The molecule has 0 aromatic heterocycles. The van der Waals surface area contributed by atoms with Crippen LogP contribution in [0.5, 0.6) is 0 Å². The molecule has 0 spiro atoms. The summed E-state index contributed by atoms with van der Waals surface area (Å²) < 4.78 is 0. The number of hydrogen-bond acceptors (Lipinski definition) is 3. The molecular weight excluding hydrogens is 272 g/mol. The van der Waals surface area contributed by atoms with Gasteiger partial charge in [-0.3, -0.25) is 9.59 Å². The van der Waals surface area contributed by atoms with Gasteiger partial charge in [-0.2, -0.15) is 0 Å². The highest BCUT2D eigenvalue weighted by Gasteiger charge is 2.11. The van der Waals surface area contributed by atoms with E-state index < -0.39 is 5.97 Å². The van der Waals surface area contributed by atoms with E-state index in [0.717, 1.165) is 12.0 Å². The zero-order valence-electron chi connectivity index (χ0n) is 12.3. The zero-order chi connectivity index (χ0) is 15.8. The van der Waals surface area contributed by atoms with Gasteiger partial charge in [0.2, 0.25) is 11.8 Å². The maximum atomic E-state index is 11.8. The molecule has 0 aliphatic carbocycles. The van der Waals surface area contributed by atoms with Crippen LogP contribution in [0, 0.1) is 0 Å². The fraction of sp³-hybridized carbons (Fsp3) is 0.400. The first kappa shape index (κ1) is 16.7. The lowest BCUT2D eigenvalue weighted by atomic mass is 10.1. The van der Waals surface area contributed by atoms with Crippen molar-refractivity contribution in [1.29, 1.82) is 0 Å². The maximum Gasteiger partial charge on any atom is 0.335 e. The molecule has 0 aliphatic rings. The zero-order valence-corrected chi connectivity index (χ0v) is 12.3. The molecule has 2 amide bonds. The number of aromatic carboxylic acids is 1. The van der Waals surface area contributed by atoms with E-state index in [1.54, 1.807) is 19.2 Å². The van der Waals surface area contributed by atoms with Crippen LogP contribution in [0.1, 0.15) is 35.7 Å². The standard InChI is InChI=1S/C15H20N2O4/c1-3-4-13(18)16-9-14(19)17(2)10-11-5-7-12(8-6-11)15(20)21/h5-8H,3-4,9-10H2,1-2H3,(H,16,18)(H,20,21). The van der Waals surface area contributed by atoms with Crippen molar-refractivity contribution < 1.29 is 19.5 Å². The normalized spacial score (nSPS) is 10.0. The number of likely N-dealkylation sites (N-methyl/N-ethyl adjacent to an activating group) is 1. The summed E-state index contributed by atoms with van der Waals surface area (Å²) >= 11 is 0. The van der Waals surface area contributed by atoms with Crippen LogP contribution in [-0.2, 0) is 16.1 Å². The van der Waals surface area contributed by atoms with E-state index >= 15 is 0 Å². The molecule has 0 fully saturated rings. The van der Waals surface area contributed by atoms with E-state index in [1.807, 2.05) is 6.92 Å². The number of amides is 2. The lowest BCUT2D eigenvalue weighted by Gasteiger charge is -2.17. The van der Waals surface area contributed by atoms with E-state index in [9.17, 15) is 14.4 Å². The molecule has 114 valence electrons. The van der Waals surface area contributed by atoms with Gasteiger partial charge < -0.3 is 15.3 Å². The fourth-order valence-corrected chi connectivity index (χ4v) is 1.74. The molecule has 21 heavy (non-hydrogen) atoms. The minimum atomic E-state index is -0.982. The highest BCUT2D eigenvalue weighted by Crippen LogP contribution is 2.07. The summed E-state index contributed by atoms with van der Waals surface area (Å²) in [6.07, 6.45) is 1.15. The molecule has 6 nitrogen and oxygen atoms in total. The fourth-order valence-electron chi connectivity index (χ4n) is 1.74. The van der Waals surface area contributed by atoms with Crippen LogP contribution in [0.25, 0.3) is 0 Å². The molecule has 0 bridgehead atoms. The number of carbonyl (C=O) groups is 3. The number of rotatable bonds is 7. The van der Waals surface area contributed by atoms with E-state index in [1.165, 1.54) is 17.0 Å². The van der Waals surface area contributed by atoms with Gasteiger partial charge in [0.15, 0.2) is 0 Å². The molecule has 2 N–H and O–H groups in total. The Morgan fingerprint density at radius 3 is 2.33 bits per heavy atom. The van der Waals surface area contributed by atoms with Crippen molar-refractivity contribution in [3.8, 4) is 0 Å². The van der Waals surface area contributed by atoms with Crippen molar-refractivity contribution in [1.82, 2.24) is 10.2 Å². The quantitative estimate of drug-likeness (QED) is 0.792. The molecule has 0 heterocycles. The average Bonchev–Trinajstić information content (AvgIpc) is 2.45. The van der Waals surface area contributed by atoms with E-state index in [0.29, 0.717) is 13.0 Å². The van der Waals surface area contributed by atoms with Crippen molar-refractivity contribution in [3.05, 3.63) is 35.4 Å². The van der Waals surface area contributed by atoms with Gasteiger partial charge >= 0.3 is 5.97 Å². The number of nitrogens with one attached hydrogen (secondary N) is 1. The number of nitrogens with zero attached hydrogens (tertiary/aromatic N) is 1.